The average molecular weight is 319 g/mol. The molecule has 5 rings (SSSR count). The number of furan rings is 1. The Labute approximate surface area is 146 Å². The van der Waals surface area contributed by atoms with Crippen molar-refractivity contribution in [3.63, 3.8) is 0 Å². The van der Waals surface area contributed by atoms with Crippen molar-refractivity contribution in [3.8, 4) is 11.3 Å². The predicted octanol–water partition coefficient (Wildman–Crippen LogP) is 4.73. The minimum absolute atomic E-state index is 0.0312. The molecule has 0 saturated carbocycles. The maximum absolute atomic E-state index is 8.36. The molecule has 3 aromatic heterocycles. The lowest BCUT2D eigenvalue weighted by atomic mass is 9.99. The van der Waals surface area contributed by atoms with E-state index in [0.29, 0.717) is 11.3 Å². The minimum atomic E-state index is -2.27. The molecule has 3 nitrogen and oxygen atoms in total. The van der Waals surface area contributed by atoms with Crippen LogP contribution in [0.25, 0.3) is 33.3 Å². The summed E-state index contributed by atoms with van der Waals surface area (Å²) in [7, 11) is 0. The van der Waals surface area contributed by atoms with Crippen LogP contribution in [0.1, 0.15) is 42.0 Å². The van der Waals surface area contributed by atoms with Crippen LogP contribution in [0.15, 0.2) is 47.0 Å². The summed E-state index contributed by atoms with van der Waals surface area (Å²) in [5.41, 5.74) is 5.17. The van der Waals surface area contributed by atoms with E-state index in [2.05, 4.69) is 15.6 Å². The van der Waals surface area contributed by atoms with Gasteiger partial charge >= 0.3 is 0 Å². The molecule has 24 heavy (non-hydrogen) atoms. The summed E-state index contributed by atoms with van der Waals surface area (Å²) >= 11 is 0. The number of aromatic nitrogens is 2. The van der Waals surface area contributed by atoms with Crippen LogP contribution in [0.2, 0.25) is 0 Å². The van der Waals surface area contributed by atoms with E-state index in [1.54, 1.807) is 12.1 Å². The Kier molecular flexibility index (Phi) is 1.99. The minimum Gasteiger partial charge on any atom is -0.437 e. The van der Waals surface area contributed by atoms with Gasteiger partial charge in [0.1, 0.15) is 0 Å². The van der Waals surface area contributed by atoms with Gasteiger partial charge in [0.05, 0.1) is 5.56 Å². The van der Waals surface area contributed by atoms with E-state index in [-0.39, 0.29) is 5.69 Å². The zero-order valence-corrected chi connectivity index (χ0v) is 13.6. The first-order valence-corrected chi connectivity index (χ1v) is 8.03. The molecule has 4 heterocycles. The number of benzene rings is 1. The van der Waals surface area contributed by atoms with E-state index in [1.807, 2.05) is 38.2 Å². The zero-order valence-electron chi connectivity index (χ0n) is 17.6. The van der Waals surface area contributed by atoms with Gasteiger partial charge < -0.3 is 4.42 Å². The van der Waals surface area contributed by atoms with E-state index < -0.39 is 12.7 Å². The van der Waals surface area contributed by atoms with Gasteiger partial charge in [-0.2, -0.15) is 4.57 Å². The standard InChI is InChI=1S/C21H19N2O/c1-12(2)14-8-9-23-11-15-5-7-16-17-6-4-13(3)22-21(17)24-20(16)19(15)18(23)10-14/h4-10,12H,11H2,1-3H3/q+1/i3D3,12D. The van der Waals surface area contributed by atoms with Crippen molar-refractivity contribution in [1.29, 1.82) is 0 Å². The average Bonchev–Trinajstić information content (AvgIpc) is 3.16. The monoisotopic (exact) mass is 319 g/mol. The molecule has 0 unspecified atom stereocenters. The van der Waals surface area contributed by atoms with Crippen molar-refractivity contribution in [2.75, 3.05) is 0 Å². The molecule has 4 aromatic rings. The maximum Gasteiger partial charge on any atom is 0.227 e. The van der Waals surface area contributed by atoms with Gasteiger partial charge in [-0.05, 0) is 36.5 Å². The Morgan fingerprint density at radius 3 is 2.92 bits per heavy atom. The Balaban J connectivity index is 1.79. The van der Waals surface area contributed by atoms with Crippen molar-refractivity contribution in [2.24, 2.45) is 0 Å². The smallest absolute Gasteiger partial charge is 0.227 e. The Bertz CT molecular complexity index is 1270. The molecule has 0 atom stereocenters. The lowest BCUT2D eigenvalue weighted by Gasteiger charge is -2.04. The Morgan fingerprint density at radius 1 is 1.21 bits per heavy atom. The maximum atomic E-state index is 8.36. The Morgan fingerprint density at radius 2 is 2.08 bits per heavy atom. The third-order valence-corrected chi connectivity index (χ3v) is 4.80. The molecule has 0 aliphatic carbocycles. The SMILES string of the molecule is [2H]C([2H])([2H])c1ccc2c(n1)oc1c3c(ccc12)C[n+]1ccc(C([2H])(C)C)cc1-3. The van der Waals surface area contributed by atoms with Crippen LogP contribution in [0.4, 0.5) is 0 Å². The van der Waals surface area contributed by atoms with Crippen LogP contribution in [0.3, 0.4) is 0 Å². The molecule has 3 heteroatoms. The van der Waals surface area contributed by atoms with Crippen LogP contribution in [-0.4, -0.2) is 4.98 Å². The fraction of sp³-hybridized carbons (Fsp3) is 0.238. The normalized spacial score (nSPS) is 16.4. The molecule has 1 aromatic carbocycles. The second-order valence-corrected chi connectivity index (χ2v) is 6.56. The molecule has 0 spiro atoms. The molecule has 0 amide bonds. The summed E-state index contributed by atoms with van der Waals surface area (Å²) in [6.45, 7) is 2.21. The quantitative estimate of drug-likeness (QED) is 0.418. The fourth-order valence-corrected chi connectivity index (χ4v) is 3.55. The van der Waals surface area contributed by atoms with E-state index >= 15 is 0 Å². The first-order valence-electron chi connectivity index (χ1n) is 10.0. The lowest BCUT2D eigenvalue weighted by Crippen LogP contribution is -2.31. The summed E-state index contributed by atoms with van der Waals surface area (Å²) in [6, 6.07) is 11.5. The van der Waals surface area contributed by atoms with Gasteiger partial charge in [-0.25, -0.2) is 4.98 Å². The highest BCUT2D eigenvalue weighted by atomic mass is 16.3. The highest BCUT2D eigenvalue weighted by Gasteiger charge is 2.31. The zero-order chi connectivity index (χ0) is 19.8. The van der Waals surface area contributed by atoms with Crippen molar-refractivity contribution < 1.29 is 14.5 Å². The third-order valence-electron chi connectivity index (χ3n) is 4.80. The van der Waals surface area contributed by atoms with Gasteiger partial charge in [0.15, 0.2) is 18.3 Å². The topological polar surface area (TPSA) is 29.9 Å². The fourth-order valence-electron chi connectivity index (χ4n) is 3.55. The molecule has 0 radical (unpaired) electrons. The van der Waals surface area contributed by atoms with E-state index in [1.165, 1.54) is 0 Å². The van der Waals surface area contributed by atoms with Crippen molar-refractivity contribution in [2.45, 2.75) is 33.1 Å². The molecule has 0 fully saturated rings. The second kappa shape index (κ2) is 4.67. The first-order chi connectivity index (χ1) is 13.1. The predicted molar refractivity (Wildman–Crippen MR) is 95.1 cm³/mol. The summed E-state index contributed by atoms with van der Waals surface area (Å²) < 4.78 is 39.4. The summed E-state index contributed by atoms with van der Waals surface area (Å²) in [6.07, 6.45) is 2.01. The highest BCUT2D eigenvalue weighted by Crippen LogP contribution is 2.39. The largest absolute Gasteiger partial charge is 0.437 e. The van der Waals surface area contributed by atoms with E-state index in [0.717, 1.165) is 39.7 Å². The molecule has 1 aliphatic heterocycles. The second-order valence-electron chi connectivity index (χ2n) is 6.56. The van der Waals surface area contributed by atoms with Gasteiger partial charge in [-0.3, -0.25) is 0 Å². The number of hydrogen-bond acceptors (Lipinski definition) is 2. The number of rotatable bonds is 1. The highest BCUT2D eigenvalue weighted by molar-refractivity contribution is 6.09. The molecule has 0 N–H and O–H groups in total. The number of hydrogen-bond donors (Lipinski definition) is 0. The number of fused-ring (bicyclic) bond motifs is 7. The lowest BCUT2D eigenvalue weighted by molar-refractivity contribution is -0.672. The number of aryl methyl sites for hydroxylation is 1. The molecule has 0 bridgehead atoms. The van der Waals surface area contributed by atoms with Gasteiger partial charge in [-0.15, -0.1) is 0 Å². The van der Waals surface area contributed by atoms with Gasteiger partial charge in [-0.1, -0.05) is 19.9 Å². The van der Waals surface area contributed by atoms with Crippen LogP contribution >= 0.6 is 0 Å². The first kappa shape index (κ1) is 10.2. The van der Waals surface area contributed by atoms with Crippen molar-refractivity contribution in [3.05, 3.63) is 59.4 Å². The van der Waals surface area contributed by atoms with Crippen molar-refractivity contribution in [1.82, 2.24) is 4.98 Å². The van der Waals surface area contributed by atoms with Gasteiger partial charge in [0.2, 0.25) is 11.4 Å². The van der Waals surface area contributed by atoms with E-state index in [9.17, 15) is 0 Å². The summed E-state index contributed by atoms with van der Waals surface area (Å²) in [5, 5.41) is 1.73. The number of nitrogens with zero attached hydrogens (tertiary/aromatic N) is 2. The third kappa shape index (κ3) is 1.78. The van der Waals surface area contributed by atoms with E-state index in [4.69, 9.17) is 9.90 Å². The van der Waals surface area contributed by atoms with Crippen LogP contribution in [0.5, 0.6) is 0 Å². The van der Waals surface area contributed by atoms with Crippen molar-refractivity contribution >= 4 is 22.1 Å². The molecular weight excluding hydrogens is 296 g/mol. The van der Waals surface area contributed by atoms with Crippen LogP contribution < -0.4 is 4.57 Å². The van der Waals surface area contributed by atoms with Crippen LogP contribution in [0, 0.1) is 6.85 Å². The summed E-state index contributed by atoms with van der Waals surface area (Å²) in [5.74, 6) is -0.698. The molecule has 118 valence electrons. The molecule has 0 saturated heterocycles. The summed E-state index contributed by atoms with van der Waals surface area (Å²) in [4.78, 5) is 4.26. The molecular formula is C21H19N2O+. The van der Waals surface area contributed by atoms with Gasteiger partial charge in [0, 0.05) is 39.6 Å². The van der Waals surface area contributed by atoms with Crippen LogP contribution in [-0.2, 0) is 6.54 Å². The van der Waals surface area contributed by atoms with Gasteiger partial charge in [0.25, 0.3) is 0 Å². The Hall–Kier alpha value is -2.68. The number of pyridine rings is 2. The molecule has 1 aliphatic rings.